The van der Waals surface area contributed by atoms with Crippen LogP contribution in [-0.2, 0) is 29.5 Å². The predicted molar refractivity (Wildman–Crippen MR) is 357 cm³/mol. The summed E-state index contributed by atoms with van der Waals surface area (Å²) in [6, 6.07) is 43.1. The number of carbonyl (C=O) groups excluding carboxylic acids is 9. The summed E-state index contributed by atoms with van der Waals surface area (Å²) in [7, 11) is 0. The number of ketones is 3. The van der Waals surface area contributed by atoms with Gasteiger partial charge in [0.25, 0.3) is 46.9 Å². The zero-order valence-corrected chi connectivity index (χ0v) is 53.5. The molecular weight excluding hydrogens is 1420 g/mol. The predicted octanol–water partition coefficient (Wildman–Crippen LogP) is 14.7. The van der Waals surface area contributed by atoms with E-state index in [1.54, 1.807) is 158 Å². The summed E-state index contributed by atoms with van der Waals surface area (Å²) in [5.41, 5.74) is 4.39. The van der Waals surface area contributed by atoms with Gasteiger partial charge < -0.3 is 25.3 Å². The molecule has 1 fully saturated rings. The van der Waals surface area contributed by atoms with Crippen molar-refractivity contribution in [1.82, 2.24) is 10.6 Å². The highest BCUT2D eigenvalue weighted by Gasteiger charge is 2.61. The number of anilines is 4. The molecule has 3 N–H and O–H groups in total. The van der Waals surface area contributed by atoms with Crippen molar-refractivity contribution in [3.05, 3.63) is 256 Å². The van der Waals surface area contributed by atoms with Gasteiger partial charge in [0.05, 0.1) is 69.6 Å². The number of fused-ring (bicyclic) bond motifs is 5. The maximum Gasteiger partial charge on any atom is 0.323 e. The number of rotatable bonds is 9. The number of hydrogen-bond donors (Lipinski definition) is 3. The first-order chi connectivity index (χ1) is 41.7. The molecular formula is C64H46BrCl6IN6O9. The van der Waals surface area contributed by atoms with E-state index in [0.29, 0.717) is 88.2 Å². The summed E-state index contributed by atoms with van der Waals surface area (Å²) in [6.45, 7) is 7.90. The van der Waals surface area contributed by atoms with Gasteiger partial charge in [-0.05, 0) is 119 Å². The summed E-state index contributed by atoms with van der Waals surface area (Å²) in [6.07, 6.45) is 10.6. The van der Waals surface area contributed by atoms with Crippen LogP contribution in [0.4, 0.5) is 27.5 Å². The number of para-hydroxylation sites is 4. The Morgan fingerprint density at radius 2 is 0.931 bits per heavy atom. The minimum atomic E-state index is -1.70. The molecule has 0 bridgehead atoms. The monoisotopic (exact) mass is 1460 g/mol. The third-order valence-corrected chi connectivity index (χ3v) is 16.1. The van der Waals surface area contributed by atoms with Crippen molar-refractivity contribution in [3.8, 4) is 0 Å². The summed E-state index contributed by atoms with van der Waals surface area (Å²) in [5.74, 6) is -3.99. The van der Waals surface area contributed by atoms with Crippen LogP contribution >= 0.6 is 108 Å². The zero-order valence-electron chi connectivity index (χ0n) is 45.2. The molecule has 0 saturated carbocycles. The van der Waals surface area contributed by atoms with E-state index in [0.717, 1.165) is 20.0 Å². The van der Waals surface area contributed by atoms with E-state index < -0.39 is 58.5 Å². The fraction of sp³-hybridized carbons (Fsp3) is 0.0781. The smallest absolute Gasteiger partial charge is 0.318 e. The first-order valence-corrected chi connectivity index (χ1v) is 30.2. The van der Waals surface area contributed by atoms with Gasteiger partial charge in [-0.2, -0.15) is 0 Å². The highest BCUT2D eigenvalue weighted by molar-refractivity contribution is 14.1. The molecule has 5 aliphatic heterocycles. The van der Waals surface area contributed by atoms with E-state index in [1.165, 1.54) is 14.7 Å². The van der Waals surface area contributed by atoms with E-state index in [4.69, 9.17) is 69.6 Å². The molecule has 7 aromatic rings. The largest absolute Gasteiger partial charge is 0.323 e. The number of nitrogens with zero attached hydrogens (tertiary/aromatic N) is 3. The van der Waals surface area contributed by atoms with Crippen LogP contribution in [0, 0.1) is 3.57 Å². The van der Waals surface area contributed by atoms with Crippen molar-refractivity contribution in [2.24, 2.45) is 0 Å². The van der Waals surface area contributed by atoms with Gasteiger partial charge in [0.1, 0.15) is 0 Å². The van der Waals surface area contributed by atoms with Crippen LogP contribution in [0.25, 0.3) is 12.2 Å². The molecule has 7 amide bonds. The van der Waals surface area contributed by atoms with Crippen molar-refractivity contribution in [1.29, 1.82) is 0 Å². The van der Waals surface area contributed by atoms with Crippen LogP contribution in [0.1, 0.15) is 47.8 Å². The topological polar surface area (TPSA) is 199 Å². The summed E-state index contributed by atoms with van der Waals surface area (Å²) < 4.78 is 1.10. The normalized spacial score (nSPS) is 15.5. The molecule has 442 valence electrons. The van der Waals surface area contributed by atoms with Gasteiger partial charge in [-0.1, -0.05) is 189 Å². The second-order valence-electron chi connectivity index (χ2n) is 18.4. The van der Waals surface area contributed by atoms with Gasteiger partial charge in [-0.15, -0.1) is 13.2 Å². The second-order valence-corrected chi connectivity index (χ2v) is 22.7. The average molecular weight is 1460 g/mol. The van der Waals surface area contributed by atoms with Gasteiger partial charge >= 0.3 is 6.03 Å². The zero-order chi connectivity index (χ0) is 63.1. The minimum absolute atomic E-state index is 0.223. The molecule has 23 heteroatoms. The number of carbonyl (C=O) groups is 9. The Balaban J connectivity index is 0.000000161. The maximum atomic E-state index is 13.1. The quantitative estimate of drug-likeness (QED) is 0.0239. The second kappa shape index (κ2) is 30.8. The van der Waals surface area contributed by atoms with Crippen LogP contribution < -0.4 is 30.7 Å². The van der Waals surface area contributed by atoms with E-state index in [-0.39, 0.29) is 6.54 Å². The van der Waals surface area contributed by atoms with Crippen LogP contribution in [0.5, 0.6) is 0 Å². The number of urea groups is 1. The van der Waals surface area contributed by atoms with Crippen molar-refractivity contribution >= 4 is 196 Å². The summed E-state index contributed by atoms with van der Waals surface area (Å²) in [5, 5.41) is 11.1. The standard InChI is InChI=1S/C19H13Cl2N3O3.C17H11Cl2NO2.C11H9NO2.C8H5NO2.C6H3Cl2I.C3H5Br/c20-13-8-7-11(10-14(13)21)4-3-9-24-15-6-2-1-5-12(15)19(17(24)26)16(25)22-18(27)23-19;18-13-8-7-11(10-14(13)19)4-3-9-20-15-6-2-1-5-12(15)16(21)17(20)22;1-2-7-12-9-6-4-3-5-8(9)10(13)11(12)14;10-7-5-3-1-2-4-6(5)9-8(7)11;7-5-2-1-4(9)3-6(5)8;1-2-3-4/h1-8,10H,9H2,(H2,22,23,25,27);1-8,10H,9H2;2-6H,1,7H2;1-4H,(H,9,10,11);1-3H;2H,1,3H2/b2*4-3+;;;;. The highest BCUT2D eigenvalue weighted by atomic mass is 127. The fourth-order valence-electron chi connectivity index (χ4n) is 8.80. The molecule has 1 atom stereocenters. The van der Waals surface area contributed by atoms with Crippen LogP contribution in [0.3, 0.4) is 0 Å². The Hall–Kier alpha value is -7.72. The Labute approximate surface area is 551 Å². The Morgan fingerprint density at radius 3 is 1.39 bits per heavy atom. The van der Waals surface area contributed by atoms with Crippen LogP contribution in [0.15, 0.2) is 189 Å². The van der Waals surface area contributed by atoms with Gasteiger partial charge in [0.2, 0.25) is 5.54 Å². The number of halogens is 8. The molecule has 7 aromatic carbocycles. The molecule has 12 rings (SSSR count). The number of imide groups is 1. The van der Waals surface area contributed by atoms with Crippen molar-refractivity contribution in [3.63, 3.8) is 0 Å². The SMILES string of the molecule is C=CCBr.C=CCN1C(=O)C(=O)c2ccccc21.Clc1ccc(I)cc1Cl.O=C1C(=O)N(C/C=C/c2ccc(Cl)c(Cl)c2)c2ccccc21.O=C1NC(=O)C2(N1)C(=O)N(C/C=C/c1ccc(Cl)c(Cl)c1)c1ccccc12.O=C1Nc2ccccc2C1=O. The van der Waals surface area contributed by atoms with E-state index >= 15 is 0 Å². The lowest BCUT2D eigenvalue weighted by molar-refractivity contribution is -0.134. The number of nitrogens with one attached hydrogen (secondary N) is 3. The molecule has 1 saturated heterocycles. The van der Waals surface area contributed by atoms with Gasteiger partial charge in [0, 0.05) is 34.1 Å². The van der Waals surface area contributed by atoms with Crippen molar-refractivity contribution in [2.75, 3.05) is 45.0 Å². The highest BCUT2D eigenvalue weighted by Crippen LogP contribution is 2.42. The van der Waals surface area contributed by atoms with Crippen molar-refractivity contribution in [2.45, 2.75) is 5.54 Å². The first-order valence-electron chi connectivity index (χ1n) is 25.7. The molecule has 15 nitrogen and oxygen atoms in total. The van der Waals surface area contributed by atoms with Gasteiger partial charge in [-0.25, -0.2) is 4.79 Å². The minimum Gasteiger partial charge on any atom is -0.318 e. The lowest BCUT2D eigenvalue weighted by Crippen LogP contribution is -2.52. The lowest BCUT2D eigenvalue weighted by Gasteiger charge is -2.20. The van der Waals surface area contributed by atoms with Crippen molar-refractivity contribution < 1.29 is 43.2 Å². The fourth-order valence-corrected chi connectivity index (χ4v) is 10.4. The van der Waals surface area contributed by atoms with Gasteiger partial charge in [0.15, 0.2) is 0 Å². The molecule has 0 aliphatic carbocycles. The lowest BCUT2D eigenvalue weighted by atomic mass is 9.92. The van der Waals surface area contributed by atoms with Crippen LogP contribution in [-0.4, -0.2) is 77.9 Å². The molecule has 5 heterocycles. The number of Topliss-reactive ketones (excluding diaryl/α,β-unsaturated/α-hetero) is 3. The van der Waals surface area contributed by atoms with E-state index in [1.807, 2.05) is 30.4 Å². The van der Waals surface area contributed by atoms with E-state index in [2.05, 4.69) is 67.6 Å². The number of benzene rings is 7. The molecule has 0 radical (unpaired) electrons. The van der Waals surface area contributed by atoms with Crippen LogP contribution in [0.2, 0.25) is 30.1 Å². The summed E-state index contributed by atoms with van der Waals surface area (Å²) >= 11 is 40.4. The van der Waals surface area contributed by atoms with Gasteiger partial charge in [-0.3, -0.25) is 43.7 Å². The average Bonchev–Trinajstić information content (AvgIpc) is 1.62. The Morgan fingerprint density at radius 1 is 0.483 bits per heavy atom. The third kappa shape index (κ3) is 15.7. The summed E-state index contributed by atoms with van der Waals surface area (Å²) in [4.78, 5) is 110. The number of amides is 7. The first kappa shape index (κ1) is 66.8. The molecule has 1 unspecified atom stereocenters. The molecule has 5 aliphatic rings. The third-order valence-electron chi connectivity index (χ3n) is 12.8. The molecule has 87 heavy (non-hydrogen) atoms. The Bertz CT molecular complexity index is 3990. The Kier molecular flexibility index (Phi) is 23.6. The maximum absolute atomic E-state index is 13.1. The molecule has 0 aromatic heterocycles. The number of hydrogen-bond acceptors (Lipinski definition) is 9. The van der Waals surface area contributed by atoms with E-state index in [9.17, 15) is 43.2 Å². The number of alkyl halides is 1. The number of allylic oxidation sites excluding steroid dienone is 1. The molecule has 1 spiro atoms.